The average Bonchev–Trinajstić information content (AvgIpc) is 3.21. The molecular weight excluding hydrogens is 388 g/mol. The molecule has 0 N–H and O–H groups in total. The largest absolute Gasteiger partial charge is 0.454 e. The van der Waals surface area contributed by atoms with E-state index in [4.69, 9.17) is 21.7 Å². The summed E-state index contributed by atoms with van der Waals surface area (Å²) in [7, 11) is 0. The Kier molecular flexibility index (Phi) is 4.54. The predicted molar refractivity (Wildman–Crippen MR) is 104 cm³/mol. The van der Waals surface area contributed by atoms with Crippen molar-refractivity contribution in [1.29, 1.82) is 0 Å². The normalized spacial score (nSPS) is 17.0. The summed E-state index contributed by atoms with van der Waals surface area (Å²) in [5.41, 5.74) is 1.06. The number of carbonyl (C=O) groups excluding carboxylic acids is 1. The standard InChI is InChI=1S/C18H12N2O5S2/c21-17-16(27-18(26)19(17)9-11-4-2-1-3-5-11)7-12-6-14-15(25-10-24-14)8-13(12)20(22)23/h1-8H,9-10H2/b16-7-. The molecule has 27 heavy (non-hydrogen) atoms. The molecule has 4 rings (SSSR count). The first-order valence-electron chi connectivity index (χ1n) is 7.90. The maximum atomic E-state index is 12.8. The molecular formula is C18H12N2O5S2. The van der Waals surface area contributed by atoms with Crippen LogP contribution in [0.1, 0.15) is 11.1 Å². The fourth-order valence-electron chi connectivity index (χ4n) is 2.76. The van der Waals surface area contributed by atoms with Crippen LogP contribution >= 0.6 is 24.0 Å². The highest BCUT2D eigenvalue weighted by Crippen LogP contribution is 2.41. The van der Waals surface area contributed by atoms with Gasteiger partial charge in [-0.15, -0.1) is 0 Å². The number of nitro groups is 1. The van der Waals surface area contributed by atoms with Gasteiger partial charge in [0.2, 0.25) is 6.79 Å². The minimum absolute atomic E-state index is 0.00906. The number of ether oxygens (including phenoxy) is 2. The van der Waals surface area contributed by atoms with Gasteiger partial charge in [-0.3, -0.25) is 19.8 Å². The Labute approximate surface area is 163 Å². The summed E-state index contributed by atoms with van der Waals surface area (Å²) >= 11 is 6.45. The summed E-state index contributed by atoms with van der Waals surface area (Å²) in [6, 6.07) is 12.3. The van der Waals surface area contributed by atoms with Gasteiger partial charge in [-0.2, -0.15) is 0 Å². The first kappa shape index (κ1) is 17.5. The van der Waals surface area contributed by atoms with Crippen LogP contribution in [-0.4, -0.2) is 26.8 Å². The van der Waals surface area contributed by atoms with E-state index in [1.54, 1.807) is 0 Å². The van der Waals surface area contributed by atoms with E-state index in [0.717, 1.165) is 17.3 Å². The van der Waals surface area contributed by atoms with Crippen molar-refractivity contribution in [2.24, 2.45) is 0 Å². The molecule has 0 saturated carbocycles. The molecule has 0 spiro atoms. The molecule has 7 nitrogen and oxygen atoms in total. The summed E-state index contributed by atoms with van der Waals surface area (Å²) < 4.78 is 10.9. The Morgan fingerprint density at radius 2 is 1.93 bits per heavy atom. The molecule has 9 heteroatoms. The van der Waals surface area contributed by atoms with Crippen LogP contribution in [0.25, 0.3) is 6.08 Å². The van der Waals surface area contributed by atoms with Crippen LogP contribution in [0.2, 0.25) is 0 Å². The molecule has 0 radical (unpaired) electrons. The molecule has 2 heterocycles. The average molecular weight is 400 g/mol. The molecule has 2 aromatic carbocycles. The van der Waals surface area contributed by atoms with E-state index < -0.39 is 4.92 Å². The summed E-state index contributed by atoms with van der Waals surface area (Å²) in [6.07, 6.45) is 1.48. The fraction of sp³-hybridized carbons (Fsp3) is 0.111. The molecule has 1 saturated heterocycles. The Morgan fingerprint density at radius 3 is 2.63 bits per heavy atom. The zero-order valence-corrected chi connectivity index (χ0v) is 15.4. The van der Waals surface area contributed by atoms with E-state index in [9.17, 15) is 14.9 Å². The molecule has 2 aliphatic heterocycles. The summed E-state index contributed by atoms with van der Waals surface area (Å²) in [5, 5.41) is 11.4. The van der Waals surface area contributed by atoms with E-state index in [-0.39, 0.29) is 24.0 Å². The number of carbonyl (C=O) groups is 1. The molecule has 1 fully saturated rings. The number of nitro benzene ring substituents is 1. The number of benzene rings is 2. The third kappa shape index (κ3) is 3.38. The van der Waals surface area contributed by atoms with Gasteiger partial charge in [-0.1, -0.05) is 54.3 Å². The second-order valence-corrected chi connectivity index (χ2v) is 7.45. The lowest BCUT2D eigenvalue weighted by Crippen LogP contribution is -2.27. The fourth-order valence-corrected chi connectivity index (χ4v) is 4.01. The quantitative estimate of drug-likeness (QED) is 0.335. The lowest BCUT2D eigenvalue weighted by molar-refractivity contribution is -0.385. The monoisotopic (exact) mass is 400 g/mol. The zero-order chi connectivity index (χ0) is 19.0. The van der Waals surface area contributed by atoms with Gasteiger partial charge in [0.05, 0.1) is 28.0 Å². The molecule has 2 aromatic rings. The highest BCUT2D eigenvalue weighted by atomic mass is 32.2. The molecule has 0 aliphatic carbocycles. The summed E-state index contributed by atoms with van der Waals surface area (Å²) in [6.45, 7) is 0.362. The highest BCUT2D eigenvalue weighted by Gasteiger charge is 2.33. The number of hydrogen-bond donors (Lipinski definition) is 0. The Hall–Kier alpha value is -2.91. The zero-order valence-electron chi connectivity index (χ0n) is 13.8. The molecule has 0 aromatic heterocycles. The van der Waals surface area contributed by atoms with E-state index in [0.29, 0.717) is 27.3 Å². The van der Waals surface area contributed by atoms with Gasteiger partial charge in [0.15, 0.2) is 11.5 Å². The number of amides is 1. The maximum absolute atomic E-state index is 12.8. The van der Waals surface area contributed by atoms with Crippen molar-refractivity contribution in [2.75, 3.05) is 6.79 Å². The lowest BCUT2D eigenvalue weighted by atomic mass is 10.1. The summed E-state index contributed by atoms with van der Waals surface area (Å²) in [5.74, 6) is 0.447. The first-order valence-corrected chi connectivity index (χ1v) is 9.13. The van der Waals surface area contributed by atoms with Crippen molar-refractivity contribution in [1.82, 2.24) is 4.90 Å². The van der Waals surface area contributed by atoms with Crippen molar-refractivity contribution >= 4 is 46.0 Å². The third-order valence-corrected chi connectivity index (χ3v) is 5.44. The minimum Gasteiger partial charge on any atom is -0.454 e. The Balaban J connectivity index is 1.66. The second kappa shape index (κ2) is 7.01. The SMILES string of the molecule is O=C1/C(=C/c2cc3c(cc2[N+](=O)[O-])OCO3)SC(=S)N1Cc1ccccc1. The minimum atomic E-state index is -0.515. The number of nitrogens with zero attached hydrogens (tertiary/aromatic N) is 2. The van der Waals surface area contributed by atoms with Crippen LogP contribution in [0.4, 0.5) is 5.69 Å². The summed E-state index contributed by atoms with van der Waals surface area (Å²) in [4.78, 5) is 25.5. The van der Waals surface area contributed by atoms with Gasteiger partial charge in [0, 0.05) is 0 Å². The van der Waals surface area contributed by atoms with Crippen molar-refractivity contribution in [2.45, 2.75) is 6.54 Å². The van der Waals surface area contributed by atoms with Gasteiger partial charge < -0.3 is 9.47 Å². The van der Waals surface area contributed by atoms with Crippen LogP contribution in [0.15, 0.2) is 47.4 Å². The molecule has 0 unspecified atom stereocenters. The van der Waals surface area contributed by atoms with Crippen molar-refractivity contribution in [3.05, 3.63) is 68.6 Å². The van der Waals surface area contributed by atoms with Gasteiger partial charge in [-0.05, 0) is 17.7 Å². The predicted octanol–water partition coefficient (Wildman–Crippen LogP) is 3.72. The second-order valence-electron chi connectivity index (χ2n) is 5.77. The molecule has 2 aliphatic rings. The molecule has 0 atom stereocenters. The molecule has 0 bridgehead atoms. The number of thioether (sulfide) groups is 1. The first-order chi connectivity index (χ1) is 13.0. The number of rotatable bonds is 4. The number of hydrogen-bond acceptors (Lipinski definition) is 7. The van der Waals surface area contributed by atoms with E-state index >= 15 is 0 Å². The van der Waals surface area contributed by atoms with Gasteiger partial charge in [0.25, 0.3) is 11.6 Å². The van der Waals surface area contributed by atoms with Crippen LogP contribution in [0.5, 0.6) is 11.5 Å². The Morgan fingerprint density at radius 1 is 1.22 bits per heavy atom. The molecule has 136 valence electrons. The Bertz CT molecular complexity index is 991. The van der Waals surface area contributed by atoms with Crippen molar-refractivity contribution in [3.63, 3.8) is 0 Å². The highest BCUT2D eigenvalue weighted by molar-refractivity contribution is 8.26. The lowest BCUT2D eigenvalue weighted by Gasteiger charge is -2.14. The smallest absolute Gasteiger partial charge is 0.280 e. The van der Waals surface area contributed by atoms with Crippen molar-refractivity contribution < 1.29 is 19.2 Å². The molecule has 1 amide bonds. The number of thiocarbonyl (C=S) groups is 1. The van der Waals surface area contributed by atoms with Crippen LogP contribution in [-0.2, 0) is 11.3 Å². The van der Waals surface area contributed by atoms with E-state index in [1.807, 2.05) is 30.3 Å². The van der Waals surface area contributed by atoms with E-state index in [2.05, 4.69) is 0 Å². The van der Waals surface area contributed by atoms with Gasteiger partial charge >= 0.3 is 0 Å². The van der Waals surface area contributed by atoms with Crippen LogP contribution in [0.3, 0.4) is 0 Å². The van der Waals surface area contributed by atoms with Crippen LogP contribution in [0, 0.1) is 10.1 Å². The third-order valence-electron chi connectivity index (χ3n) is 4.06. The van der Waals surface area contributed by atoms with Crippen LogP contribution < -0.4 is 9.47 Å². The topological polar surface area (TPSA) is 81.9 Å². The maximum Gasteiger partial charge on any atom is 0.280 e. The van der Waals surface area contributed by atoms with Gasteiger partial charge in [-0.25, -0.2) is 0 Å². The van der Waals surface area contributed by atoms with E-state index in [1.165, 1.54) is 23.1 Å². The number of fused-ring (bicyclic) bond motifs is 1. The van der Waals surface area contributed by atoms with Crippen molar-refractivity contribution in [3.8, 4) is 11.5 Å². The van der Waals surface area contributed by atoms with Gasteiger partial charge in [0.1, 0.15) is 4.32 Å².